The Hall–Kier alpha value is -8.73. The molecule has 3 aliphatic rings. The number of aromatic nitrogens is 3. The van der Waals surface area contributed by atoms with Crippen LogP contribution in [-0.2, 0) is 5.41 Å². The van der Waals surface area contributed by atoms with Crippen LogP contribution < -0.4 is 4.74 Å². The highest BCUT2D eigenvalue weighted by atomic mass is 16.5. The van der Waals surface area contributed by atoms with Crippen LogP contribution in [0.5, 0.6) is 11.5 Å². The molecule has 0 unspecified atom stereocenters. The third-order valence-corrected chi connectivity index (χ3v) is 14.0. The molecular formula is C62H37N3O. The number of hydrogen-bond donors (Lipinski definition) is 0. The van der Waals surface area contributed by atoms with Crippen LogP contribution in [0.4, 0.5) is 0 Å². The van der Waals surface area contributed by atoms with Crippen molar-refractivity contribution in [2.75, 3.05) is 0 Å². The van der Waals surface area contributed by atoms with E-state index < -0.39 is 5.41 Å². The third kappa shape index (κ3) is 5.24. The van der Waals surface area contributed by atoms with Gasteiger partial charge in [-0.15, -0.1) is 0 Å². The van der Waals surface area contributed by atoms with Crippen molar-refractivity contribution in [2.45, 2.75) is 5.41 Å². The van der Waals surface area contributed by atoms with Gasteiger partial charge in [0.05, 0.1) is 5.41 Å². The van der Waals surface area contributed by atoms with E-state index in [0.717, 1.165) is 44.9 Å². The average Bonchev–Trinajstić information content (AvgIpc) is 3.88. The predicted octanol–water partition coefficient (Wildman–Crippen LogP) is 15.5. The average molecular weight is 840 g/mol. The van der Waals surface area contributed by atoms with Crippen LogP contribution in [0.3, 0.4) is 0 Å². The fraction of sp³-hybridized carbons (Fsp3) is 0.0161. The zero-order chi connectivity index (χ0) is 43.3. The Balaban J connectivity index is 0.966. The minimum absolute atomic E-state index is 0.583. The molecule has 1 spiro atoms. The molecule has 4 heteroatoms. The van der Waals surface area contributed by atoms with E-state index in [2.05, 4.69) is 164 Å². The second-order valence-electron chi connectivity index (χ2n) is 17.4. The highest BCUT2D eigenvalue weighted by Gasteiger charge is 2.51. The first-order valence-electron chi connectivity index (χ1n) is 22.5. The van der Waals surface area contributed by atoms with Gasteiger partial charge in [0.2, 0.25) is 0 Å². The number of benzene rings is 10. The normalized spacial score (nSPS) is 13.1. The second kappa shape index (κ2) is 14.1. The molecule has 0 atom stereocenters. The summed E-state index contributed by atoms with van der Waals surface area (Å²) in [6.45, 7) is 0. The van der Waals surface area contributed by atoms with Gasteiger partial charge in [-0.25, -0.2) is 15.0 Å². The van der Waals surface area contributed by atoms with E-state index in [-0.39, 0.29) is 0 Å². The van der Waals surface area contributed by atoms with Gasteiger partial charge in [-0.1, -0.05) is 206 Å². The van der Waals surface area contributed by atoms with Gasteiger partial charge < -0.3 is 4.74 Å². The van der Waals surface area contributed by atoms with Crippen LogP contribution in [0.1, 0.15) is 22.3 Å². The molecule has 306 valence electrons. The van der Waals surface area contributed by atoms with Crippen LogP contribution in [0.15, 0.2) is 224 Å². The van der Waals surface area contributed by atoms with Gasteiger partial charge in [0.25, 0.3) is 0 Å². The molecule has 0 fully saturated rings. The molecule has 0 saturated heterocycles. The summed E-state index contributed by atoms with van der Waals surface area (Å²) >= 11 is 0. The summed E-state index contributed by atoms with van der Waals surface area (Å²) in [7, 11) is 0. The van der Waals surface area contributed by atoms with E-state index in [1.54, 1.807) is 0 Å². The van der Waals surface area contributed by atoms with Gasteiger partial charge in [-0.05, 0) is 95.7 Å². The van der Waals surface area contributed by atoms with E-state index in [1.165, 1.54) is 72.0 Å². The van der Waals surface area contributed by atoms with Gasteiger partial charge in [-0.2, -0.15) is 0 Å². The zero-order valence-corrected chi connectivity index (χ0v) is 35.6. The zero-order valence-electron chi connectivity index (χ0n) is 35.6. The molecule has 0 radical (unpaired) electrons. The fourth-order valence-corrected chi connectivity index (χ4v) is 11.2. The van der Waals surface area contributed by atoms with Gasteiger partial charge in [-0.3, -0.25) is 0 Å². The predicted molar refractivity (Wildman–Crippen MR) is 266 cm³/mol. The molecule has 0 saturated carbocycles. The number of nitrogens with zero attached hydrogens (tertiary/aromatic N) is 3. The fourth-order valence-electron chi connectivity index (χ4n) is 11.2. The summed E-state index contributed by atoms with van der Waals surface area (Å²) in [6.07, 6.45) is 0. The summed E-state index contributed by atoms with van der Waals surface area (Å²) in [5.74, 6) is 3.42. The molecule has 1 aliphatic heterocycles. The van der Waals surface area contributed by atoms with Crippen molar-refractivity contribution >= 4 is 10.8 Å². The maximum atomic E-state index is 7.14. The highest BCUT2D eigenvalue weighted by molar-refractivity contribution is 6.19. The molecular weight excluding hydrogens is 803 g/mol. The van der Waals surface area contributed by atoms with Crippen molar-refractivity contribution in [2.24, 2.45) is 0 Å². The molecule has 2 heterocycles. The van der Waals surface area contributed by atoms with Crippen molar-refractivity contribution in [3.63, 3.8) is 0 Å². The lowest BCUT2D eigenvalue weighted by Crippen LogP contribution is -2.32. The topological polar surface area (TPSA) is 47.9 Å². The summed E-state index contributed by atoms with van der Waals surface area (Å²) in [6, 6.07) is 80.4. The number of rotatable bonds is 5. The molecule has 1 aromatic heterocycles. The first kappa shape index (κ1) is 36.7. The van der Waals surface area contributed by atoms with Crippen LogP contribution in [-0.4, -0.2) is 15.0 Å². The second-order valence-corrected chi connectivity index (χ2v) is 17.4. The van der Waals surface area contributed by atoms with E-state index in [0.29, 0.717) is 17.5 Å². The van der Waals surface area contributed by atoms with E-state index in [1.807, 2.05) is 60.7 Å². The summed E-state index contributed by atoms with van der Waals surface area (Å²) < 4.78 is 7.14. The standard InChI is InChI=1S/C62H37N3O/c1-3-16-38(17-4-1)59-63-60(39-18-5-2-6-19-39)65-61(64-59)41-30-34-54-57(37-41)66-56-35-31-40(36-55(56)62(54)52-28-13-11-24-47(52)48-25-12-14-29-53(48)62)42-20-7-8-21-43(42)46-32-33-51-45-23-10-9-22-44(45)49-26-15-27-50(46)58(49)51/h1-37H. The highest BCUT2D eigenvalue weighted by Crippen LogP contribution is 2.63. The first-order valence-corrected chi connectivity index (χ1v) is 22.5. The number of fused-ring (bicyclic) bond motifs is 12. The van der Waals surface area contributed by atoms with Crippen molar-refractivity contribution in [1.82, 2.24) is 15.0 Å². The minimum atomic E-state index is -0.670. The molecule has 11 aromatic rings. The largest absolute Gasteiger partial charge is 0.457 e. The first-order chi connectivity index (χ1) is 32.7. The Morgan fingerprint density at radius 1 is 0.273 bits per heavy atom. The van der Waals surface area contributed by atoms with Crippen LogP contribution in [0.2, 0.25) is 0 Å². The molecule has 66 heavy (non-hydrogen) atoms. The molecule has 0 bridgehead atoms. The van der Waals surface area contributed by atoms with Crippen LogP contribution in [0, 0.1) is 0 Å². The molecule has 2 aliphatic carbocycles. The molecule has 0 N–H and O–H groups in total. The Morgan fingerprint density at radius 2 is 0.758 bits per heavy atom. The Labute approximate surface area is 382 Å². The van der Waals surface area contributed by atoms with Gasteiger partial charge >= 0.3 is 0 Å². The molecule has 14 rings (SSSR count). The minimum Gasteiger partial charge on any atom is -0.457 e. The van der Waals surface area contributed by atoms with Gasteiger partial charge in [0.1, 0.15) is 11.5 Å². The lowest BCUT2D eigenvalue weighted by molar-refractivity contribution is 0.436. The lowest BCUT2D eigenvalue weighted by atomic mass is 9.65. The van der Waals surface area contributed by atoms with E-state index in [9.17, 15) is 0 Å². The van der Waals surface area contributed by atoms with E-state index in [4.69, 9.17) is 19.7 Å². The van der Waals surface area contributed by atoms with E-state index >= 15 is 0 Å². The summed E-state index contributed by atoms with van der Waals surface area (Å²) in [5, 5.41) is 2.59. The Kier molecular flexibility index (Phi) is 7.87. The van der Waals surface area contributed by atoms with Crippen LogP contribution >= 0.6 is 0 Å². The SMILES string of the molecule is c1ccc(-c2nc(-c3ccccc3)nc(-c3ccc4c(c3)Oc3ccc(-c5ccccc5-c5ccc6c7c(cccc57)-c5ccccc5-6)cc3C43c4ccccc4-c4ccccc43)n2)cc1. The maximum absolute atomic E-state index is 7.14. The van der Waals surface area contributed by atoms with Crippen LogP contribution in [0.25, 0.3) is 101 Å². The smallest absolute Gasteiger partial charge is 0.164 e. The Bertz CT molecular complexity index is 3670. The Morgan fingerprint density at radius 3 is 1.39 bits per heavy atom. The third-order valence-electron chi connectivity index (χ3n) is 14.0. The molecule has 0 amide bonds. The summed E-state index contributed by atoms with van der Waals surface area (Å²) in [5.41, 5.74) is 19.1. The van der Waals surface area contributed by atoms with Crippen molar-refractivity contribution in [3.8, 4) is 101 Å². The molecule has 10 aromatic carbocycles. The van der Waals surface area contributed by atoms with Gasteiger partial charge in [0, 0.05) is 27.8 Å². The van der Waals surface area contributed by atoms with Crippen molar-refractivity contribution < 1.29 is 4.74 Å². The lowest BCUT2D eigenvalue weighted by Gasteiger charge is -2.39. The quantitative estimate of drug-likeness (QED) is 0.173. The number of hydrogen-bond acceptors (Lipinski definition) is 4. The van der Waals surface area contributed by atoms with Crippen molar-refractivity contribution in [1.29, 1.82) is 0 Å². The number of ether oxygens (including phenoxy) is 1. The van der Waals surface area contributed by atoms with Crippen molar-refractivity contribution in [3.05, 3.63) is 247 Å². The summed E-state index contributed by atoms with van der Waals surface area (Å²) in [4.78, 5) is 15.2. The maximum Gasteiger partial charge on any atom is 0.164 e. The monoisotopic (exact) mass is 839 g/mol. The van der Waals surface area contributed by atoms with Gasteiger partial charge in [0.15, 0.2) is 17.5 Å². The molecule has 4 nitrogen and oxygen atoms in total.